The van der Waals surface area contributed by atoms with Gasteiger partial charge in [-0.2, -0.15) is 0 Å². The lowest BCUT2D eigenvalue weighted by atomic mass is 10.1. The molecule has 1 fully saturated rings. The minimum absolute atomic E-state index is 0.0371. The number of aliphatic hydroxyl groups is 1. The van der Waals surface area contributed by atoms with Gasteiger partial charge in [0.25, 0.3) is 0 Å². The fraction of sp³-hybridized carbons (Fsp3) is 0.750. The molecule has 0 aromatic carbocycles. The highest BCUT2D eigenvalue weighted by molar-refractivity contribution is 7.99. The van der Waals surface area contributed by atoms with Crippen LogP contribution in [0.25, 0.3) is 0 Å². The van der Waals surface area contributed by atoms with Crippen LogP contribution in [-0.2, 0) is 17.9 Å². The predicted molar refractivity (Wildman–Crippen MR) is 70.8 cm³/mol. The topological polar surface area (TPSA) is 88.2 Å². The average Bonchev–Trinajstić information content (AvgIpc) is 2.94. The SMILES string of the molecule is CC1CCC(Cn2c(CO)nnc2SCC(=O)O)C1. The third-order valence-corrected chi connectivity index (χ3v) is 4.46. The van der Waals surface area contributed by atoms with Crippen molar-refractivity contribution in [1.82, 2.24) is 14.8 Å². The number of carbonyl (C=O) groups is 1. The summed E-state index contributed by atoms with van der Waals surface area (Å²) in [5.41, 5.74) is 0. The van der Waals surface area contributed by atoms with E-state index in [4.69, 9.17) is 5.11 Å². The van der Waals surface area contributed by atoms with E-state index in [0.29, 0.717) is 16.9 Å². The first-order valence-corrected chi connectivity index (χ1v) is 7.46. The predicted octanol–water partition coefficient (Wildman–Crippen LogP) is 1.38. The molecule has 1 aliphatic rings. The number of hydrogen-bond acceptors (Lipinski definition) is 5. The summed E-state index contributed by atoms with van der Waals surface area (Å²) in [7, 11) is 0. The Balaban J connectivity index is 2.07. The molecule has 2 unspecified atom stereocenters. The van der Waals surface area contributed by atoms with Crippen LogP contribution in [0.4, 0.5) is 0 Å². The molecule has 1 heterocycles. The summed E-state index contributed by atoms with van der Waals surface area (Å²) < 4.78 is 1.87. The summed E-state index contributed by atoms with van der Waals surface area (Å²) in [5, 5.41) is 26.5. The van der Waals surface area contributed by atoms with E-state index in [9.17, 15) is 9.90 Å². The lowest BCUT2D eigenvalue weighted by molar-refractivity contribution is -0.133. The number of carboxylic acid groups (broad SMARTS) is 1. The first-order valence-electron chi connectivity index (χ1n) is 6.47. The smallest absolute Gasteiger partial charge is 0.313 e. The molecule has 1 aliphatic carbocycles. The highest BCUT2D eigenvalue weighted by Gasteiger charge is 2.24. The van der Waals surface area contributed by atoms with Crippen LogP contribution in [0.2, 0.25) is 0 Å². The molecule has 1 saturated carbocycles. The van der Waals surface area contributed by atoms with Crippen LogP contribution < -0.4 is 0 Å². The molecular weight excluding hydrogens is 266 g/mol. The van der Waals surface area contributed by atoms with Crippen molar-refractivity contribution in [3.8, 4) is 0 Å². The Kier molecular flexibility index (Phi) is 4.81. The molecule has 0 radical (unpaired) electrons. The molecule has 2 atom stereocenters. The Hall–Kier alpha value is -1.08. The Morgan fingerprint density at radius 1 is 1.47 bits per heavy atom. The van der Waals surface area contributed by atoms with E-state index in [1.165, 1.54) is 19.3 Å². The van der Waals surface area contributed by atoms with Gasteiger partial charge in [-0.25, -0.2) is 0 Å². The molecule has 0 amide bonds. The molecule has 6 nitrogen and oxygen atoms in total. The van der Waals surface area contributed by atoms with Crippen LogP contribution in [-0.4, -0.2) is 36.7 Å². The Morgan fingerprint density at radius 3 is 2.84 bits per heavy atom. The number of carboxylic acids is 1. The van der Waals surface area contributed by atoms with Gasteiger partial charge >= 0.3 is 5.97 Å². The maximum Gasteiger partial charge on any atom is 0.313 e. The molecule has 106 valence electrons. The van der Waals surface area contributed by atoms with Gasteiger partial charge in [0.15, 0.2) is 11.0 Å². The summed E-state index contributed by atoms with van der Waals surface area (Å²) in [6.45, 7) is 2.86. The van der Waals surface area contributed by atoms with Crippen LogP contribution in [0.1, 0.15) is 32.0 Å². The Labute approximate surface area is 116 Å². The largest absolute Gasteiger partial charge is 0.481 e. The number of aliphatic hydroxyl groups excluding tert-OH is 1. The van der Waals surface area contributed by atoms with Crippen molar-refractivity contribution in [3.05, 3.63) is 5.82 Å². The second-order valence-corrected chi connectivity index (χ2v) is 6.08. The van der Waals surface area contributed by atoms with Crippen molar-refractivity contribution in [2.45, 2.75) is 44.5 Å². The number of thioether (sulfide) groups is 1. The van der Waals surface area contributed by atoms with Crippen LogP contribution in [0.5, 0.6) is 0 Å². The van der Waals surface area contributed by atoms with Gasteiger partial charge in [0.05, 0.1) is 5.75 Å². The molecule has 1 aromatic heterocycles. The van der Waals surface area contributed by atoms with E-state index >= 15 is 0 Å². The molecule has 0 saturated heterocycles. The van der Waals surface area contributed by atoms with Gasteiger partial charge in [0, 0.05) is 6.54 Å². The lowest BCUT2D eigenvalue weighted by Crippen LogP contribution is -2.13. The zero-order valence-corrected chi connectivity index (χ0v) is 11.8. The van der Waals surface area contributed by atoms with Crippen molar-refractivity contribution in [2.24, 2.45) is 11.8 Å². The third-order valence-electron chi connectivity index (χ3n) is 3.50. The maximum atomic E-state index is 10.6. The second kappa shape index (κ2) is 6.38. The van der Waals surface area contributed by atoms with Crippen LogP contribution in [0.3, 0.4) is 0 Å². The molecular formula is C12H19N3O3S. The zero-order chi connectivity index (χ0) is 13.8. The highest BCUT2D eigenvalue weighted by atomic mass is 32.2. The Morgan fingerprint density at radius 2 is 2.26 bits per heavy atom. The monoisotopic (exact) mass is 285 g/mol. The normalized spacial score (nSPS) is 22.8. The number of nitrogens with zero attached hydrogens (tertiary/aromatic N) is 3. The average molecular weight is 285 g/mol. The fourth-order valence-corrected chi connectivity index (χ4v) is 3.29. The maximum absolute atomic E-state index is 10.6. The van der Waals surface area contributed by atoms with E-state index < -0.39 is 5.97 Å². The van der Waals surface area contributed by atoms with Gasteiger partial charge in [-0.05, 0) is 24.7 Å². The van der Waals surface area contributed by atoms with Crippen molar-refractivity contribution >= 4 is 17.7 Å². The van der Waals surface area contributed by atoms with Gasteiger partial charge in [-0.15, -0.1) is 10.2 Å². The van der Waals surface area contributed by atoms with Gasteiger partial charge in [0.1, 0.15) is 6.61 Å². The zero-order valence-electron chi connectivity index (χ0n) is 10.9. The number of aliphatic carboxylic acids is 1. The van der Waals surface area contributed by atoms with Crippen molar-refractivity contribution in [2.75, 3.05) is 5.75 Å². The van der Waals surface area contributed by atoms with Gasteiger partial charge in [-0.1, -0.05) is 25.1 Å². The van der Waals surface area contributed by atoms with Gasteiger partial charge in [-0.3, -0.25) is 4.79 Å². The summed E-state index contributed by atoms with van der Waals surface area (Å²) in [6.07, 6.45) is 3.58. The van der Waals surface area contributed by atoms with Gasteiger partial charge in [0.2, 0.25) is 0 Å². The van der Waals surface area contributed by atoms with Crippen molar-refractivity contribution in [1.29, 1.82) is 0 Å². The van der Waals surface area contributed by atoms with Crippen molar-refractivity contribution in [3.63, 3.8) is 0 Å². The third kappa shape index (κ3) is 3.70. The first-order chi connectivity index (χ1) is 9.10. The van der Waals surface area contributed by atoms with Gasteiger partial charge < -0.3 is 14.8 Å². The second-order valence-electron chi connectivity index (χ2n) is 5.13. The molecule has 0 bridgehead atoms. The summed E-state index contributed by atoms with van der Waals surface area (Å²) >= 11 is 1.15. The first kappa shape index (κ1) is 14.3. The van der Waals surface area contributed by atoms with Crippen molar-refractivity contribution < 1.29 is 15.0 Å². The molecule has 0 spiro atoms. The molecule has 2 rings (SSSR count). The van der Waals surface area contributed by atoms with E-state index in [1.807, 2.05) is 4.57 Å². The summed E-state index contributed by atoms with van der Waals surface area (Å²) in [5.74, 6) is 0.923. The number of hydrogen-bond donors (Lipinski definition) is 2. The number of aromatic nitrogens is 3. The minimum Gasteiger partial charge on any atom is -0.481 e. The summed E-state index contributed by atoms with van der Waals surface area (Å²) in [4.78, 5) is 10.6. The standard InChI is InChI=1S/C12H19N3O3S/c1-8-2-3-9(4-8)5-15-10(6-16)13-14-12(15)19-7-11(17)18/h8-9,16H,2-7H2,1H3,(H,17,18). The minimum atomic E-state index is -0.875. The molecule has 1 aromatic rings. The van der Waals surface area contributed by atoms with Crippen LogP contribution in [0, 0.1) is 11.8 Å². The molecule has 0 aliphatic heterocycles. The molecule has 2 N–H and O–H groups in total. The molecule has 7 heteroatoms. The quantitative estimate of drug-likeness (QED) is 0.768. The van der Waals surface area contributed by atoms with E-state index in [0.717, 1.165) is 24.2 Å². The lowest BCUT2D eigenvalue weighted by Gasteiger charge is -2.14. The van der Waals surface area contributed by atoms with E-state index in [1.54, 1.807) is 0 Å². The Bertz CT molecular complexity index is 449. The molecule has 19 heavy (non-hydrogen) atoms. The summed E-state index contributed by atoms with van der Waals surface area (Å²) in [6, 6.07) is 0. The van der Waals surface area contributed by atoms with E-state index in [-0.39, 0.29) is 12.4 Å². The fourth-order valence-electron chi connectivity index (χ4n) is 2.60. The van der Waals surface area contributed by atoms with E-state index in [2.05, 4.69) is 17.1 Å². The van der Waals surface area contributed by atoms with Crippen LogP contribution in [0.15, 0.2) is 5.16 Å². The number of rotatable bonds is 6. The van der Waals surface area contributed by atoms with Crippen LogP contribution >= 0.6 is 11.8 Å². The highest BCUT2D eigenvalue weighted by Crippen LogP contribution is 2.32.